The minimum Gasteiger partial charge on any atom is -0.340 e. The Kier molecular flexibility index (Phi) is 6.21. The molecule has 10 heteroatoms. The van der Waals surface area contributed by atoms with Crippen molar-refractivity contribution in [2.24, 2.45) is 5.92 Å². The van der Waals surface area contributed by atoms with Crippen LogP contribution < -0.4 is 4.90 Å². The summed E-state index contributed by atoms with van der Waals surface area (Å²) >= 11 is 0. The van der Waals surface area contributed by atoms with E-state index < -0.39 is 10.2 Å². The largest absolute Gasteiger partial charge is 0.340 e. The predicted molar refractivity (Wildman–Crippen MR) is 107 cm³/mol. The quantitative estimate of drug-likeness (QED) is 0.707. The smallest absolute Gasteiger partial charge is 0.281 e. The molecule has 9 nitrogen and oxygen atoms in total. The van der Waals surface area contributed by atoms with Crippen LogP contribution in [0.2, 0.25) is 0 Å². The Morgan fingerprint density at radius 3 is 2.25 bits per heavy atom. The first-order valence-corrected chi connectivity index (χ1v) is 11.1. The first-order valence-electron chi connectivity index (χ1n) is 9.72. The maximum Gasteiger partial charge on any atom is 0.281 e. The van der Waals surface area contributed by atoms with E-state index in [1.165, 1.54) is 22.7 Å². The van der Waals surface area contributed by atoms with Gasteiger partial charge in [-0.1, -0.05) is 0 Å². The fraction of sp³-hybridized carbons (Fsp3) is 0.722. The molecule has 0 bridgehead atoms. The van der Waals surface area contributed by atoms with Gasteiger partial charge in [0.25, 0.3) is 10.2 Å². The third kappa shape index (κ3) is 4.44. The normalized spacial score (nSPS) is 22.0. The first kappa shape index (κ1) is 20.9. The highest BCUT2D eigenvalue weighted by Crippen LogP contribution is 2.23. The second-order valence-corrected chi connectivity index (χ2v) is 9.89. The number of aromatic nitrogens is 2. The minimum absolute atomic E-state index is 0.102. The van der Waals surface area contributed by atoms with Gasteiger partial charge in [0, 0.05) is 64.8 Å². The highest BCUT2D eigenvalue weighted by Gasteiger charge is 2.34. The Morgan fingerprint density at radius 1 is 1.07 bits per heavy atom. The Balaban J connectivity index is 1.62. The van der Waals surface area contributed by atoms with Crippen molar-refractivity contribution in [1.82, 2.24) is 23.5 Å². The van der Waals surface area contributed by atoms with Crippen molar-refractivity contribution in [3.63, 3.8) is 0 Å². The highest BCUT2D eigenvalue weighted by atomic mass is 32.2. The lowest BCUT2D eigenvalue weighted by atomic mass is 9.96. The number of hydrogen-bond acceptors (Lipinski definition) is 6. The Bertz CT molecular complexity index is 800. The molecule has 1 aromatic heterocycles. The van der Waals surface area contributed by atoms with Crippen LogP contribution in [0.5, 0.6) is 0 Å². The molecule has 2 aliphatic heterocycles. The van der Waals surface area contributed by atoms with Crippen LogP contribution in [0.4, 0.5) is 5.95 Å². The van der Waals surface area contributed by atoms with Crippen molar-refractivity contribution < 1.29 is 13.2 Å². The Morgan fingerprint density at radius 2 is 1.68 bits per heavy atom. The molecular weight excluding hydrogens is 380 g/mol. The van der Waals surface area contributed by atoms with Gasteiger partial charge in [0.05, 0.1) is 5.92 Å². The Hall–Kier alpha value is -1.78. The van der Waals surface area contributed by atoms with E-state index in [4.69, 9.17) is 0 Å². The van der Waals surface area contributed by atoms with Gasteiger partial charge in [0.15, 0.2) is 0 Å². The van der Waals surface area contributed by atoms with Crippen molar-refractivity contribution in [1.29, 1.82) is 0 Å². The summed E-state index contributed by atoms with van der Waals surface area (Å²) in [5.74, 6) is 0.697. The fourth-order valence-corrected chi connectivity index (χ4v) is 4.92. The second-order valence-electron chi connectivity index (χ2n) is 7.75. The van der Waals surface area contributed by atoms with Crippen molar-refractivity contribution >= 4 is 22.1 Å². The molecule has 1 atom stereocenters. The maximum atomic E-state index is 13.0. The molecular formula is C18H30N6O3S. The number of rotatable bonds is 4. The van der Waals surface area contributed by atoms with Crippen LogP contribution in [0.3, 0.4) is 0 Å². The standard InChI is InChI=1S/C18H30N6O3S/c1-14-12-15(2)20-18(19-14)23-7-5-6-16(13-23)17(25)22-8-10-24(11-9-22)28(26,27)21(3)4/h12,16H,5-11,13H2,1-4H3. The van der Waals surface area contributed by atoms with Crippen LogP contribution in [-0.2, 0) is 15.0 Å². The molecule has 2 fully saturated rings. The Labute approximate surface area is 167 Å². The molecule has 0 aromatic carbocycles. The summed E-state index contributed by atoms with van der Waals surface area (Å²) in [5.41, 5.74) is 1.85. The molecule has 2 aliphatic rings. The summed E-state index contributed by atoms with van der Waals surface area (Å²) < 4.78 is 27.1. The maximum absolute atomic E-state index is 13.0. The van der Waals surface area contributed by atoms with Crippen LogP contribution in [0.25, 0.3) is 0 Å². The predicted octanol–water partition coefficient (Wildman–Crippen LogP) is 0.260. The van der Waals surface area contributed by atoms with Crippen molar-refractivity contribution in [2.45, 2.75) is 26.7 Å². The van der Waals surface area contributed by atoms with Gasteiger partial charge in [-0.05, 0) is 32.8 Å². The lowest BCUT2D eigenvalue weighted by molar-refractivity contribution is -0.137. The fourth-order valence-electron chi connectivity index (χ4n) is 3.84. The van der Waals surface area contributed by atoms with Gasteiger partial charge in [0.2, 0.25) is 11.9 Å². The van der Waals surface area contributed by atoms with Crippen LogP contribution >= 0.6 is 0 Å². The molecule has 28 heavy (non-hydrogen) atoms. The molecule has 0 N–H and O–H groups in total. The van der Waals surface area contributed by atoms with Crippen LogP contribution in [0.15, 0.2) is 6.07 Å². The van der Waals surface area contributed by atoms with Crippen molar-refractivity contribution in [2.75, 3.05) is 58.3 Å². The van der Waals surface area contributed by atoms with Gasteiger partial charge < -0.3 is 9.80 Å². The number of aryl methyl sites for hydroxylation is 2. The average Bonchev–Trinajstić information content (AvgIpc) is 2.66. The number of piperazine rings is 1. The van der Waals surface area contributed by atoms with Gasteiger partial charge in [-0.2, -0.15) is 17.0 Å². The molecule has 0 saturated carbocycles. The van der Waals surface area contributed by atoms with E-state index in [1.807, 2.05) is 19.9 Å². The number of piperidine rings is 1. The van der Waals surface area contributed by atoms with Crippen molar-refractivity contribution in [3.8, 4) is 0 Å². The summed E-state index contributed by atoms with van der Waals surface area (Å²) in [4.78, 5) is 26.0. The van der Waals surface area contributed by atoms with Crippen LogP contribution in [0.1, 0.15) is 24.2 Å². The summed E-state index contributed by atoms with van der Waals surface area (Å²) in [6.45, 7) is 6.90. The zero-order valence-electron chi connectivity index (χ0n) is 17.1. The van der Waals surface area contributed by atoms with E-state index in [1.54, 1.807) is 4.90 Å². The van der Waals surface area contributed by atoms with E-state index in [-0.39, 0.29) is 11.8 Å². The van der Waals surface area contributed by atoms with E-state index in [9.17, 15) is 13.2 Å². The first-order chi connectivity index (χ1) is 13.2. The molecule has 156 valence electrons. The number of nitrogens with zero attached hydrogens (tertiary/aromatic N) is 6. The number of anilines is 1. The molecule has 0 aliphatic carbocycles. The monoisotopic (exact) mass is 410 g/mol. The van der Waals surface area contributed by atoms with Gasteiger partial charge in [-0.15, -0.1) is 0 Å². The van der Waals surface area contributed by atoms with Gasteiger partial charge >= 0.3 is 0 Å². The molecule has 1 aromatic rings. The lowest BCUT2D eigenvalue weighted by Crippen LogP contribution is -2.55. The third-order valence-corrected chi connectivity index (χ3v) is 7.30. The zero-order valence-corrected chi connectivity index (χ0v) is 17.9. The molecule has 3 heterocycles. The van der Waals surface area contributed by atoms with Crippen LogP contribution in [-0.4, -0.2) is 91.2 Å². The number of carbonyl (C=O) groups excluding carboxylic acids is 1. The summed E-state index contributed by atoms with van der Waals surface area (Å²) in [6.07, 6.45) is 1.76. The molecule has 1 unspecified atom stereocenters. The number of amides is 1. The SMILES string of the molecule is Cc1cc(C)nc(N2CCCC(C(=O)N3CCN(S(=O)(=O)N(C)C)CC3)C2)n1. The van der Waals surface area contributed by atoms with E-state index in [0.29, 0.717) is 38.7 Å². The van der Waals surface area contributed by atoms with Gasteiger partial charge in [-0.25, -0.2) is 9.97 Å². The second kappa shape index (κ2) is 8.30. The van der Waals surface area contributed by atoms with E-state index >= 15 is 0 Å². The number of carbonyl (C=O) groups is 1. The van der Waals surface area contributed by atoms with Gasteiger partial charge in [0.1, 0.15) is 0 Å². The lowest BCUT2D eigenvalue weighted by Gasteiger charge is -2.39. The summed E-state index contributed by atoms with van der Waals surface area (Å²) in [6, 6.07) is 1.94. The van der Waals surface area contributed by atoms with Crippen LogP contribution in [0, 0.1) is 19.8 Å². The minimum atomic E-state index is -3.42. The topological polar surface area (TPSA) is 90.0 Å². The van der Waals surface area contributed by atoms with Gasteiger partial charge in [-0.3, -0.25) is 4.79 Å². The molecule has 2 saturated heterocycles. The molecule has 1 amide bonds. The number of hydrogen-bond donors (Lipinski definition) is 0. The zero-order chi connectivity index (χ0) is 20.5. The molecule has 3 rings (SSSR count). The van der Waals surface area contributed by atoms with E-state index in [0.717, 1.165) is 30.8 Å². The van der Waals surface area contributed by atoms with E-state index in [2.05, 4.69) is 14.9 Å². The third-order valence-electron chi connectivity index (χ3n) is 5.36. The molecule has 0 spiro atoms. The average molecular weight is 411 g/mol. The summed E-state index contributed by atoms with van der Waals surface area (Å²) in [7, 11) is -0.370. The highest BCUT2D eigenvalue weighted by molar-refractivity contribution is 7.86. The summed E-state index contributed by atoms with van der Waals surface area (Å²) in [5, 5.41) is 0. The molecule has 0 radical (unpaired) electrons. The van der Waals surface area contributed by atoms with Crippen molar-refractivity contribution in [3.05, 3.63) is 17.5 Å².